The highest BCUT2D eigenvalue weighted by molar-refractivity contribution is 6.12. The third-order valence-electron chi connectivity index (χ3n) is 5.54. The highest BCUT2D eigenvalue weighted by Gasteiger charge is 2.50. The molecule has 2 aromatic rings. The molecule has 0 radical (unpaired) electrons. The summed E-state index contributed by atoms with van der Waals surface area (Å²) in [6.07, 6.45) is 0.758. The third-order valence-corrected chi connectivity index (χ3v) is 5.54. The van der Waals surface area contributed by atoms with Crippen molar-refractivity contribution >= 4 is 34.0 Å². The van der Waals surface area contributed by atoms with E-state index in [1.807, 2.05) is 30.3 Å². The van der Waals surface area contributed by atoms with E-state index in [1.165, 1.54) is 0 Å². The van der Waals surface area contributed by atoms with Crippen molar-refractivity contribution in [3.8, 4) is 0 Å². The summed E-state index contributed by atoms with van der Waals surface area (Å²) < 4.78 is 12.9. The second kappa shape index (κ2) is 8.69. The standard InChI is InChI=1S/C22H23FN2O5/c1-13(2)22(19(27)9-15(10-20(28)29)18(26)12-23)11-17(25-30-22)21-16-6-4-3-5-14(16)7-8-24-21/h3-8,13,15H,9-12H2,1-2H3,(H,28,29)/t15-,22-/m1/s1. The lowest BCUT2D eigenvalue weighted by Gasteiger charge is -2.30. The summed E-state index contributed by atoms with van der Waals surface area (Å²) in [7, 11) is 0. The van der Waals surface area contributed by atoms with Crippen LogP contribution in [-0.4, -0.2) is 45.6 Å². The average molecular weight is 414 g/mol. The lowest BCUT2D eigenvalue weighted by Crippen LogP contribution is -2.45. The van der Waals surface area contributed by atoms with Crippen LogP contribution in [0.2, 0.25) is 0 Å². The van der Waals surface area contributed by atoms with Crippen LogP contribution in [0, 0.1) is 11.8 Å². The number of ketones is 2. The minimum Gasteiger partial charge on any atom is -0.481 e. The normalized spacial score (nSPS) is 19.4. The minimum atomic E-state index is -1.36. The highest BCUT2D eigenvalue weighted by atomic mass is 19.1. The van der Waals surface area contributed by atoms with E-state index in [0.29, 0.717) is 11.4 Å². The van der Waals surface area contributed by atoms with E-state index in [0.717, 1.165) is 10.8 Å². The van der Waals surface area contributed by atoms with Gasteiger partial charge in [-0.15, -0.1) is 0 Å². The Kier molecular flexibility index (Phi) is 6.24. The summed E-state index contributed by atoms with van der Waals surface area (Å²) in [5.41, 5.74) is -0.257. The van der Waals surface area contributed by atoms with Gasteiger partial charge >= 0.3 is 5.97 Å². The van der Waals surface area contributed by atoms with Crippen molar-refractivity contribution in [3.05, 3.63) is 42.2 Å². The number of carboxylic acids is 1. The van der Waals surface area contributed by atoms with Gasteiger partial charge < -0.3 is 9.94 Å². The molecule has 158 valence electrons. The van der Waals surface area contributed by atoms with Crippen molar-refractivity contribution in [2.75, 3.05) is 6.67 Å². The summed E-state index contributed by atoms with van der Waals surface area (Å²) in [5.74, 6) is -4.19. The Bertz CT molecular complexity index is 1010. The van der Waals surface area contributed by atoms with Crippen LogP contribution in [-0.2, 0) is 19.2 Å². The number of pyridine rings is 1. The van der Waals surface area contributed by atoms with E-state index in [-0.39, 0.29) is 12.3 Å². The number of nitrogens with zero attached hydrogens (tertiary/aromatic N) is 2. The van der Waals surface area contributed by atoms with E-state index in [2.05, 4.69) is 10.1 Å². The zero-order valence-corrected chi connectivity index (χ0v) is 16.8. The van der Waals surface area contributed by atoms with Gasteiger partial charge in [0.1, 0.15) is 12.4 Å². The monoisotopic (exact) mass is 414 g/mol. The number of hydrogen-bond acceptors (Lipinski definition) is 6. The summed E-state index contributed by atoms with van der Waals surface area (Å²) in [4.78, 5) is 46.1. The maximum Gasteiger partial charge on any atom is 0.304 e. The molecule has 1 aromatic heterocycles. The van der Waals surface area contributed by atoms with Crippen LogP contribution in [0.25, 0.3) is 10.8 Å². The number of aromatic nitrogens is 1. The van der Waals surface area contributed by atoms with Crippen LogP contribution >= 0.6 is 0 Å². The number of carbonyl (C=O) groups excluding carboxylic acids is 2. The van der Waals surface area contributed by atoms with Crippen molar-refractivity contribution in [1.29, 1.82) is 0 Å². The lowest BCUT2D eigenvalue weighted by molar-refractivity contribution is -0.151. The second-order valence-electron chi connectivity index (χ2n) is 7.75. The number of fused-ring (bicyclic) bond motifs is 1. The third kappa shape index (κ3) is 4.08. The van der Waals surface area contributed by atoms with Gasteiger partial charge in [-0.1, -0.05) is 43.3 Å². The maximum absolute atomic E-state index is 13.2. The Hall–Kier alpha value is -3.16. The molecule has 30 heavy (non-hydrogen) atoms. The van der Waals surface area contributed by atoms with Crippen molar-refractivity contribution in [2.24, 2.45) is 17.0 Å². The fourth-order valence-corrected chi connectivity index (χ4v) is 3.72. The molecule has 8 heteroatoms. The molecule has 2 heterocycles. The van der Waals surface area contributed by atoms with E-state index in [4.69, 9.17) is 9.94 Å². The number of aliphatic carboxylic acids is 1. The molecular formula is C22H23FN2O5. The molecule has 0 unspecified atom stereocenters. The van der Waals surface area contributed by atoms with Gasteiger partial charge in [-0.3, -0.25) is 19.4 Å². The van der Waals surface area contributed by atoms with Gasteiger partial charge in [-0.05, 0) is 11.5 Å². The van der Waals surface area contributed by atoms with Gasteiger partial charge in [0.05, 0.1) is 12.1 Å². The first-order chi connectivity index (χ1) is 14.3. The first kappa shape index (κ1) is 21.5. The number of carbonyl (C=O) groups is 3. The molecule has 1 aromatic carbocycles. The van der Waals surface area contributed by atoms with Gasteiger partial charge in [-0.2, -0.15) is 0 Å². The van der Waals surface area contributed by atoms with E-state index >= 15 is 0 Å². The summed E-state index contributed by atoms with van der Waals surface area (Å²) in [5, 5.41) is 15.0. The van der Waals surface area contributed by atoms with Crippen LogP contribution in [0.3, 0.4) is 0 Å². The molecule has 2 atom stereocenters. The Balaban J connectivity index is 1.88. The first-order valence-corrected chi connectivity index (χ1v) is 9.71. The van der Waals surface area contributed by atoms with Crippen LogP contribution in [0.1, 0.15) is 38.8 Å². The van der Waals surface area contributed by atoms with Crippen LogP contribution in [0.4, 0.5) is 4.39 Å². The number of oxime groups is 1. The molecule has 1 aliphatic heterocycles. The predicted octanol–water partition coefficient (Wildman–Crippen LogP) is 3.34. The maximum atomic E-state index is 13.2. The quantitative estimate of drug-likeness (QED) is 0.675. The lowest BCUT2D eigenvalue weighted by atomic mass is 9.77. The fourth-order valence-electron chi connectivity index (χ4n) is 3.72. The highest BCUT2D eigenvalue weighted by Crippen LogP contribution is 2.37. The average Bonchev–Trinajstić information content (AvgIpc) is 3.18. The van der Waals surface area contributed by atoms with E-state index in [9.17, 15) is 18.8 Å². The van der Waals surface area contributed by atoms with Crippen molar-refractivity contribution in [3.63, 3.8) is 0 Å². The molecule has 1 aliphatic rings. The number of alkyl halides is 1. The Morgan fingerprint density at radius 1 is 1.20 bits per heavy atom. The Morgan fingerprint density at radius 2 is 1.93 bits per heavy atom. The number of Topliss-reactive ketones (excluding diaryl/α,β-unsaturated/α-hetero) is 2. The van der Waals surface area contributed by atoms with Gasteiger partial charge in [0.15, 0.2) is 11.6 Å². The molecule has 1 N–H and O–H groups in total. The van der Waals surface area contributed by atoms with Crippen molar-refractivity contribution in [1.82, 2.24) is 4.98 Å². The molecule has 0 saturated carbocycles. The first-order valence-electron chi connectivity index (χ1n) is 9.71. The van der Waals surface area contributed by atoms with Gasteiger partial charge in [0, 0.05) is 36.3 Å². The largest absolute Gasteiger partial charge is 0.481 e. The van der Waals surface area contributed by atoms with Gasteiger partial charge in [0.2, 0.25) is 5.60 Å². The summed E-state index contributed by atoms with van der Waals surface area (Å²) in [6.45, 7) is 2.26. The molecule has 7 nitrogen and oxygen atoms in total. The zero-order chi connectivity index (χ0) is 21.9. The molecule has 0 bridgehead atoms. The summed E-state index contributed by atoms with van der Waals surface area (Å²) in [6, 6.07) is 9.50. The number of hydrogen-bond donors (Lipinski definition) is 1. The number of rotatable bonds is 9. The fraction of sp³-hybridized carbons (Fsp3) is 0.409. The molecule has 3 rings (SSSR count). The number of benzene rings is 1. The Labute approximate surface area is 172 Å². The molecule has 0 spiro atoms. The Morgan fingerprint density at radius 3 is 2.60 bits per heavy atom. The SMILES string of the molecule is CC(C)[C@@]1(C(=O)C[C@H](CC(=O)O)C(=O)CF)CC(c2nccc3ccccc23)=NO1. The van der Waals surface area contributed by atoms with Gasteiger partial charge in [0.25, 0.3) is 0 Å². The molecule has 0 aliphatic carbocycles. The van der Waals surface area contributed by atoms with Crippen molar-refractivity contribution < 1.29 is 28.7 Å². The van der Waals surface area contributed by atoms with Crippen LogP contribution in [0.5, 0.6) is 0 Å². The van der Waals surface area contributed by atoms with Crippen LogP contribution < -0.4 is 0 Å². The van der Waals surface area contributed by atoms with Crippen LogP contribution in [0.15, 0.2) is 41.7 Å². The smallest absolute Gasteiger partial charge is 0.304 e. The summed E-state index contributed by atoms with van der Waals surface area (Å²) >= 11 is 0. The molecule has 0 saturated heterocycles. The number of halogens is 1. The topological polar surface area (TPSA) is 106 Å². The van der Waals surface area contributed by atoms with E-state index < -0.39 is 48.6 Å². The predicted molar refractivity (Wildman–Crippen MR) is 108 cm³/mol. The molecular weight excluding hydrogens is 391 g/mol. The van der Waals surface area contributed by atoms with Gasteiger partial charge in [-0.25, -0.2) is 4.39 Å². The molecule has 0 amide bonds. The minimum absolute atomic E-state index is 0.133. The zero-order valence-electron chi connectivity index (χ0n) is 16.8. The number of carboxylic acid groups (broad SMARTS) is 1. The van der Waals surface area contributed by atoms with E-state index in [1.54, 1.807) is 20.0 Å². The van der Waals surface area contributed by atoms with Crippen molar-refractivity contribution in [2.45, 2.75) is 38.7 Å². The molecule has 0 fully saturated rings. The second-order valence-corrected chi connectivity index (χ2v) is 7.75.